The Morgan fingerprint density at radius 3 is 2.50 bits per heavy atom. The first-order chi connectivity index (χ1) is 11.4. The number of halogens is 1. The second-order valence-corrected chi connectivity index (χ2v) is 7.29. The maximum absolute atomic E-state index is 13.8. The van der Waals surface area contributed by atoms with Gasteiger partial charge in [-0.05, 0) is 36.5 Å². The topological polar surface area (TPSA) is 57.6 Å². The fourth-order valence-electron chi connectivity index (χ4n) is 4.32. The van der Waals surface area contributed by atoms with E-state index in [1.165, 1.54) is 12.1 Å². The van der Waals surface area contributed by atoms with Gasteiger partial charge in [0, 0.05) is 13.1 Å². The summed E-state index contributed by atoms with van der Waals surface area (Å²) >= 11 is 0. The van der Waals surface area contributed by atoms with E-state index in [0.29, 0.717) is 19.4 Å². The van der Waals surface area contributed by atoms with Gasteiger partial charge in [0.25, 0.3) is 0 Å². The molecule has 3 rings (SSSR count). The molecule has 1 N–H and O–H groups in total. The van der Waals surface area contributed by atoms with Crippen molar-refractivity contribution in [2.45, 2.75) is 44.4 Å². The third kappa shape index (κ3) is 2.92. The number of carbonyl (C=O) groups excluding carboxylic acids is 1. The smallest absolute Gasteiger partial charge is 0.308 e. The number of aliphatic carboxylic acids is 1. The fourth-order valence-corrected chi connectivity index (χ4v) is 4.32. The fraction of sp³-hybridized carbons (Fsp3) is 0.579. The lowest BCUT2D eigenvalue weighted by Crippen LogP contribution is -2.47. The van der Waals surface area contributed by atoms with E-state index in [9.17, 15) is 19.1 Å². The molecule has 0 unspecified atom stereocenters. The van der Waals surface area contributed by atoms with Gasteiger partial charge in [0.15, 0.2) is 0 Å². The SMILES string of the molecule is C[C@@H]1CN(C(=O)C2(c3cccc(F)c3)CCCCC2)C[C@H]1C(=O)O. The molecule has 2 aliphatic rings. The van der Waals surface area contributed by atoms with Gasteiger partial charge in [0.1, 0.15) is 5.82 Å². The molecule has 1 aromatic carbocycles. The van der Waals surface area contributed by atoms with Crippen molar-refractivity contribution >= 4 is 11.9 Å². The molecule has 1 saturated carbocycles. The molecular formula is C19H24FNO3. The number of carbonyl (C=O) groups is 2. The zero-order valence-electron chi connectivity index (χ0n) is 14.0. The van der Waals surface area contributed by atoms with Gasteiger partial charge in [0.05, 0.1) is 11.3 Å². The third-order valence-electron chi connectivity index (χ3n) is 5.71. The van der Waals surface area contributed by atoms with Crippen LogP contribution < -0.4 is 0 Å². The Morgan fingerprint density at radius 1 is 1.21 bits per heavy atom. The molecule has 5 heteroatoms. The molecule has 0 spiro atoms. The van der Waals surface area contributed by atoms with Crippen LogP contribution in [0.1, 0.15) is 44.6 Å². The van der Waals surface area contributed by atoms with E-state index in [-0.39, 0.29) is 24.2 Å². The Labute approximate surface area is 141 Å². The quantitative estimate of drug-likeness (QED) is 0.924. The summed E-state index contributed by atoms with van der Waals surface area (Å²) in [4.78, 5) is 26.4. The molecule has 2 atom stereocenters. The molecule has 0 bridgehead atoms. The highest BCUT2D eigenvalue weighted by Crippen LogP contribution is 2.42. The third-order valence-corrected chi connectivity index (χ3v) is 5.71. The van der Waals surface area contributed by atoms with Crippen LogP contribution in [0.4, 0.5) is 4.39 Å². The van der Waals surface area contributed by atoms with Crippen LogP contribution in [0.3, 0.4) is 0 Å². The number of rotatable bonds is 3. The molecule has 1 aliphatic heterocycles. The molecule has 24 heavy (non-hydrogen) atoms. The number of benzene rings is 1. The van der Waals surface area contributed by atoms with Gasteiger partial charge in [-0.2, -0.15) is 0 Å². The maximum atomic E-state index is 13.8. The first-order valence-corrected chi connectivity index (χ1v) is 8.72. The minimum absolute atomic E-state index is 0.0246. The minimum Gasteiger partial charge on any atom is -0.481 e. The van der Waals surface area contributed by atoms with E-state index in [0.717, 1.165) is 24.8 Å². The molecule has 2 fully saturated rings. The molecule has 1 heterocycles. The van der Waals surface area contributed by atoms with Crippen molar-refractivity contribution in [2.24, 2.45) is 11.8 Å². The van der Waals surface area contributed by atoms with Crippen molar-refractivity contribution < 1.29 is 19.1 Å². The van der Waals surface area contributed by atoms with Crippen LogP contribution in [0.2, 0.25) is 0 Å². The van der Waals surface area contributed by atoms with Crippen molar-refractivity contribution in [1.82, 2.24) is 4.90 Å². The Balaban J connectivity index is 1.92. The summed E-state index contributed by atoms with van der Waals surface area (Å²) in [5.41, 5.74) is 0.0339. The van der Waals surface area contributed by atoms with Gasteiger partial charge in [-0.1, -0.05) is 38.3 Å². The van der Waals surface area contributed by atoms with Crippen LogP contribution in [0, 0.1) is 17.7 Å². The molecule has 1 amide bonds. The summed E-state index contributed by atoms with van der Waals surface area (Å²) < 4.78 is 13.8. The van der Waals surface area contributed by atoms with Crippen LogP contribution in [0.15, 0.2) is 24.3 Å². The Hall–Kier alpha value is -1.91. The van der Waals surface area contributed by atoms with Gasteiger partial charge in [-0.3, -0.25) is 9.59 Å². The normalized spacial score (nSPS) is 26.3. The predicted octanol–water partition coefficient (Wildman–Crippen LogP) is 3.21. The van der Waals surface area contributed by atoms with Crippen LogP contribution >= 0.6 is 0 Å². The molecule has 1 saturated heterocycles. The van der Waals surface area contributed by atoms with E-state index in [1.807, 2.05) is 13.0 Å². The largest absolute Gasteiger partial charge is 0.481 e. The number of carboxylic acid groups (broad SMARTS) is 1. The highest BCUT2D eigenvalue weighted by molar-refractivity contribution is 5.89. The molecule has 1 aromatic rings. The van der Waals surface area contributed by atoms with Crippen molar-refractivity contribution in [3.63, 3.8) is 0 Å². The zero-order valence-corrected chi connectivity index (χ0v) is 14.0. The van der Waals surface area contributed by atoms with E-state index in [1.54, 1.807) is 11.0 Å². The lowest BCUT2D eigenvalue weighted by atomic mass is 9.68. The van der Waals surface area contributed by atoms with Crippen molar-refractivity contribution in [2.75, 3.05) is 13.1 Å². The van der Waals surface area contributed by atoms with Gasteiger partial charge >= 0.3 is 5.97 Å². The van der Waals surface area contributed by atoms with Gasteiger partial charge < -0.3 is 10.0 Å². The lowest BCUT2D eigenvalue weighted by molar-refractivity contribution is -0.142. The predicted molar refractivity (Wildman–Crippen MR) is 88.0 cm³/mol. The molecular weight excluding hydrogens is 309 g/mol. The number of nitrogens with zero attached hydrogens (tertiary/aromatic N) is 1. The van der Waals surface area contributed by atoms with Crippen LogP contribution in [-0.2, 0) is 15.0 Å². The molecule has 0 radical (unpaired) electrons. The first-order valence-electron chi connectivity index (χ1n) is 8.72. The summed E-state index contributed by atoms with van der Waals surface area (Å²) in [7, 11) is 0. The number of likely N-dealkylation sites (tertiary alicyclic amines) is 1. The van der Waals surface area contributed by atoms with Crippen LogP contribution in [0.25, 0.3) is 0 Å². The van der Waals surface area contributed by atoms with E-state index in [2.05, 4.69) is 0 Å². The zero-order chi connectivity index (χ0) is 17.3. The lowest BCUT2D eigenvalue weighted by Gasteiger charge is -2.39. The summed E-state index contributed by atoms with van der Waals surface area (Å²) in [5.74, 6) is -1.77. The number of hydrogen-bond donors (Lipinski definition) is 1. The Bertz CT molecular complexity index is 639. The Morgan fingerprint density at radius 2 is 1.92 bits per heavy atom. The maximum Gasteiger partial charge on any atom is 0.308 e. The second-order valence-electron chi connectivity index (χ2n) is 7.29. The average Bonchev–Trinajstić information content (AvgIpc) is 2.97. The highest BCUT2D eigenvalue weighted by atomic mass is 19.1. The van der Waals surface area contributed by atoms with Crippen molar-refractivity contribution in [3.8, 4) is 0 Å². The molecule has 4 nitrogen and oxygen atoms in total. The summed E-state index contributed by atoms with van der Waals surface area (Å²) in [6.45, 7) is 2.60. The second kappa shape index (κ2) is 6.54. The number of hydrogen-bond acceptors (Lipinski definition) is 2. The Kier molecular flexibility index (Phi) is 4.61. The van der Waals surface area contributed by atoms with E-state index < -0.39 is 17.3 Å². The highest BCUT2D eigenvalue weighted by Gasteiger charge is 2.47. The summed E-state index contributed by atoms with van der Waals surface area (Å²) in [6.07, 6.45) is 4.37. The van der Waals surface area contributed by atoms with E-state index >= 15 is 0 Å². The summed E-state index contributed by atoms with van der Waals surface area (Å²) in [5, 5.41) is 9.32. The number of carboxylic acids is 1. The standard InChI is InChI=1S/C19H24FNO3/c1-13-11-21(12-16(13)17(22)23)18(24)19(8-3-2-4-9-19)14-6-5-7-15(20)10-14/h5-7,10,13,16H,2-4,8-9,11-12H2,1H3,(H,22,23)/t13-,16-/m1/s1. The molecule has 130 valence electrons. The first kappa shape index (κ1) is 16.9. The van der Waals surface area contributed by atoms with Crippen molar-refractivity contribution in [3.05, 3.63) is 35.6 Å². The average molecular weight is 333 g/mol. The van der Waals surface area contributed by atoms with Crippen molar-refractivity contribution in [1.29, 1.82) is 0 Å². The van der Waals surface area contributed by atoms with Gasteiger partial charge in [-0.25, -0.2) is 4.39 Å². The van der Waals surface area contributed by atoms with Gasteiger partial charge in [0.2, 0.25) is 5.91 Å². The van der Waals surface area contributed by atoms with Gasteiger partial charge in [-0.15, -0.1) is 0 Å². The van der Waals surface area contributed by atoms with Crippen LogP contribution in [-0.4, -0.2) is 35.0 Å². The molecule has 1 aliphatic carbocycles. The summed E-state index contributed by atoms with van der Waals surface area (Å²) in [6, 6.07) is 6.35. The minimum atomic E-state index is -0.846. The monoisotopic (exact) mass is 333 g/mol. The molecule has 0 aromatic heterocycles. The number of amides is 1. The van der Waals surface area contributed by atoms with E-state index in [4.69, 9.17) is 0 Å². The van der Waals surface area contributed by atoms with Crippen LogP contribution in [0.5, 0.6) is 0 Å².